The number of rotatable bonds is 46. The van der Waals surface area contributed by atoms with Crippen molar-refractivity contribution in [3.8, 4) is 0 Å². The number of ether oxygens (including phenoxy) is 3. The molecule has 6 heteroatoms. The Morgan fingerprint density at radius 1 is 0.323 bits per heavy atom. The summed E-state index contributed by atoms with van der Waals surface area (Å²) >= 11 is 0. The van der Waals surface area contributed by atoms with Crippen LogP contribution in [0.2, 0.25) is 0 Å². The monoisotopic (exact) mass is 901 g/mol. The van der Waals surface area contributed by atoms with E-state index in [0.717, 1.165) is 135 Å². The summed E-state index contributed by atoms with van der Waals surface area (Å²) in [6, 6.07) is 0. The van der Waals surface area contributed by atoms with Crippen LogP contribution < -0.4 is 0 Å². The van der Waals surface area contributed by atoms with Crippen molar-refractivity contribution in [1.29, 1.82) is 0 Å². The van der Waals surface area contributed by atoms with E-state index in [1.807, 2.05) is 0 Å². The fourth-order valence-corrected chi connectivity index (χ4v) is 6.76. The average molecular weight is 901 g/mol. The standard InChI is InChI=1S/C59H96O6/c1-4-7-10-13-16-19-22-25-28-29-32-35-38-41-44-47-50-53-59(62)65-56(54-63-57(60)51-48-45-42-39-36-33-30-26-23-20-17-14-11-8-5-2)55-64-58(61)52-49-46-43-40-37-34-31-27-24-21-18-15-12-9-6-3/h7,10,16-21,25-28,30-32,35-36,39,56H,4-6,8-9,11-15,22-24,29,33-34,37-38,40-55H2,1-3H3/b10-7-,19-16-,20-17-,21-18-,28-25-,30-26-,31-27-,35-32-,39-36-/t56-/m1/s1. The molecule has 0 bridgehead atoms. The zero-order chi connectivity index (χ0) is 47.2. The van der Waals surface area contributed by atoms with Gasteiger partial charge in [0.1, 0.15) is 13.2 Å². The molecule has 0 aromatic heterocycles. The summed E-state index contributed by atoms with van der Waals surface area (Å²) in [4.78, 5) is 38.0. The van der Waals surface area contributed by atoms with Gasteiger partial charge in [-0.3, -0.25) is 14.4 Å². The first-order valence-electron chi connectivity index (χ1n) is 26.4. The molecule has 0 N–H and O–H groups in total. The van der Waals surface area contributed by atoms with Crippen molar-refractivity contribution in [3.05, 3.63) is 109 Å². The molecular weight excluding hydrogens is 805 g/mol. The molecule has 0 aliphatic heterocycles. The lowest BCUT2D eigenvalue weighted by Crippen LogP contribution is -2.30. The Labute approximate surface area is 400 Å². The van der Waals surface area contributed by atoms with Gasteiger partial charge in [0.05, 0.1) is 0 Å². The van der Waals surface area contributed by atoms with E-state index in [1.54, 1.807) is 0 Å². The predicted octanol–water partition coefficient (Wildman–Crippen LogP) is 17.5. The van der Waals surface area contributed by atoms with Gasteiger partial charge >= 0.3 is 17.9 Å². The zero-order valence-corrected chi connectivity index (χ0v) is 42.0. The van der Waals surface area contributed by atoms with E-state index in [-0.39, 0.29) is 37.5 Å². The highest BCUT2D eigenvalue weighted by Crippen LogP contribution is 2.12. The van der Waals surface area contributed by atoms with Gasteiger partial charge in [0.25, 0.3) is 0 Å². The first kappa shape index (κ1) is 61.1. The number of carbonyl (C=O) groups is 3. The van der Waals surface area contributed by atoms with Crippen LogP contribution in [-0.2, 0) is 28.6 Å². The van der Waals surface area contributed by atoms with Gasteiger partial charge in [-0.25, -0.2) is 0 Å². The third kappa shape index (κ3) is 50.9. The number of hydrogen-bond acceptors (Lipinski definition) is 6. The van der Waals surface area contributed by atoms with Crippen LogP contribution in [0.5, 0.6) is 0 Å². The first-order valence-corrected chi connectivity index (χ1v) is 26.4. The summed E-state index contributed by atoms with van der Waals surface area (Å²) < 4.78 is 16.8. The lowest BCUT2D eigenvalue weighted by atomic mass is 10.1. The third-order valence-corrected chi connectivity index (χ3v) is 10.7. The maximum atomic E-state index is 12.8. The van der Waals surface area contributed by atoms with Gasteiger partial charge < -0.3 is 14.2 Å². The summed E-state index contributed by atoms with van der Waals surface area (Å²) in [5, 5.41) is 0. The molecule has 6 nitrogen and oxygen atoms in total. The molecule has 0 amide bonds. The van der Waals surface area contributed by atoms with Crippen molar-refractivity contribution in [2.75, 3.05) is 13.2 Å². The van der Waals surface area contributed by atoms with Gasteiger partial charge in [0.15, 0.2) is 6.10 Å². The van der Waals surface area contributed by atoms with E-state index in [2.05, 4.69) is 130 Å². The number of esters is 3. The number of carbonyl (C=O) groups excluding carboxylic acids is 3. The normalized spacial score (nSPS) is 13.0. The second-order valence-corrected chi connectivity index (χ2v) is 17.0. The smallest absolute Gasteiger partial charge is 0.306 e. The van der Waals surface area contributed by atoms with E-state index in [0.29, 0.717) is 12.8 Å². The topological polar surface area (TPSA) is 78.9 Å². The van der Waals surface area contributed by atoms with Gasteiger partial charge in [-0.1, -0.05) is 188 Å². The molecule has 0 saturated heterocycles. The molecule has 0 radical (unpaired) electrons. The fraction of sp³-hybridized carbons (Fsp3) is 0.644. The zero-order valence-electron chi connectivity index (χ0n) is 42.0. The van der Waals surface area contributed by atoms with Gasteiger partial charge in [-0.05, 0) is 128 Å². The van der Waals surface area contributed by atoms with E-state index < -0.39 is 6.10 Å². The van der Waals surface area contributed by atoms with Crippen molar-refractivity contribution in [2.24, 2.45) is 0 Å². The third-order valence-electron chi connectivity index (χ3n) is 10.7. The Bertz CT molecular complexity index is 1360. The van der Waals surface area contributed by atoms with Crippen LogP contribution >= 0.6 is 0 Å². The molecule has 0 aromatic carbocycles. The van der Waals surface area contributed by atoms with E-state index in [1.165, 1.54) is 51.4 Å². The Morgan fingerprint density at radius 2 is 0.600 bits per heavy atom. The Hall–Kier alpha value is -3.93. The molecule has 0 fully saturated rings. The average Bonchev–Trinajstić information content (AvgIpc) is 3.30. The second-order valence-electron chi connectivity index (χ2n) is 17.0. The second kappa shape index (κ2) is 52.7. The lowest BCUT2D eigenvalue weighted by molar-refractivity contribution is -0.167. The molecule has 1 atom stereocenters. The van der Waals surface area contributed by atoms with Gasteiger partial charge in [0, 0.05) is 19.3 Å². The number of unbranched alkanes of at least 4 members (excludes halogenated alkanes) is 17. The molecule has 368 valence electrons. The molecule has 0 aliphatic carbocycles. The highest BCUT2D eigenvalue weighted by atomic mass is 16.6. The van der Waals surface area contributed by atoms with Crippen LogP contribution in [0.25, 0.3) is 0 Å². The molecule has 0 rings (SSSR count). The van der Waals surface area contributed by atoms with Crippen LogP contribution in [0.4, 0.5) is 0 Å². The van der Waals surface area contributed by atoms with Crippen molar-refractivity contribution in [1.82, 2.24) is 0 Å². The summed E-state index contributed by atoms with van der Waals surface area (Å²) in [5.41, 5.74) is 0. The van der Waals surface area contributed by atoms with Crippen LogP contribution in [0.3, 0.4) is 0 Å². The minimum absolute atomic E-state index is 0.110. The van der Waals surface area contributed by atoms with Crippen LogP contribution in [0.15, 0.2) is 109 Å². The summed E-state index contributed by atoms with van der Waals surface area (Å²) in [5.74, 6) is -0.991. The molecular formula is C59H96O6. The lowest BCUT2D eigenvalue weighted by Gasteiger charge is -2.18. The quantitative estimate of drug-likeness (QED) is 0.0262. The van der Waals surface area contributed by atoms with Crippen LogP contribution in [0, 0.1) is 0 Å². The van der Waals surface area contributed by atoms with E-state index in [9.17, 15) is 14.4 Å². The summed E-state index contributed by atoms with van der Waals surface area (Å²) in [6.45, 7) is 6.39. The molecule has 0 saturated carbocycles. The number of hydrogen-bond donors (Lipinski definition) is 0. The van der Waals surface area contributed by atoms with Gasteiger partial charge in [0.2, 0.25) is 0 Å². The maximum Gasteiger partial charge on any atom is 0.306 e. The molecule has 0 spiro atoms. The van der Waals surface area contributed by atoms with Crippen LogP contribution in [-0.4, -0.2) is 37.2 Å². The van der Waals surface area contributed by atoms with Gasteiger partial charge in [-0.2, -0.15) is 0 Å². The molecule has 0 aliphatic rings. The fourth-order valence-electron chi connectivity index (χ4n) is 6.76. The summed E-state index contributed by atoms with van der Waals surface area (Å²) in [6.07, 6.45) is 70.7. The summed E-state index contributed by atoms with van der Waals surface area (Å²) in [7, 11) is 0. The molecule has 0 aromatic rings. The van der Waals surface area contributed by atoms with Crippen LogP contribution in [0.1, 0.15) is 226 Å². The molecule has 0 unspecified atom stereocenters. The minimum atomic E-state index is -0.814. The van der Waals surface area contributed by atoms with E-state index >= 15 is 0 Å². The predicted molar refractivity (Wildman–Crippen MR) is 279 cm³/mol. The Morgan fingerprint density at radius 3 is 0.969 bits per heavy atom. The van der Waals surface area contributed by atoms with Crippen molar-refractivity contribution >= 4 is 17.9 Å². The highest BCUT2D eigenvalue weighted by Gasteiger charge is 2.19. The first-order chi connectivity index (χ1) is 32.0. The Balaban J connectivity index is 4.54. The SMILES string of the molecule is CC/C=C\C/C=C\C/C=C\C/C=C\CCCCCCC(=O)O[C@H](COC(=O)CCCC/C=C\C/C=C\C/C=C\CCCCC)COC(=O)CCCCCCC/C=C\C/C=C\CCCCC. The Kier molecular flexibility index (Phi) is 49.5. The minimum Gasteiger partial charge on any atom is -0.462 e. The molecule has 0 heterocycles. The van der Waals surface area contributed by atoms with Gasteiger partial charge in [-0.15, -0.1) is 0 Å². The highest BCUT2D eigenvalue weighted by molar-refractivity contribution is 5.71. The number of allylic oxidation sites excluding steroid dienone is 18. The van der Waals surface area contributed by atoms with E-state index in [4.69, 9.17) is 14.2 Å². The molecule has 65 heavy (non-hydrogen) atoms. The van der Waals surface area contributed by atoms with Crippen molar-refractivity contribution < 1.29 is 28.6 Å². The van der Waals surface area contributed by atoms with Crippen molar-refractivity contribution in [2.45, 2.75) is 232 Å². The van der Waals surface area contributed by atoms with Crippen molar-refractivity contribution in [3.63, 3.8) is 0 Å². The maximum absolute atomic E-state index is 12.8. The largest absolute Gasteiger partial charge is 0.462 e.